The Morgan fingerprint density at radius 3 is 2.62 bits per heavy atom. The number of carbonyl (C=O) groups excluding carboxylic acids is 1. The molecule has 120 valence electrons. The molecule has 3 aromatic rings. The van der Waals surface area contributed by atoms with Gasteiger partial charge in [0, 0.05) is 31.2 Å². The molecular formula is C19H18N4O. The number of nitrogens with zero attached hydrogens (tertiary/aromatic N) is 4. The number of benzene rings is 1. The molecule has 0 unspecified atom stereocenters. The highest BCUT2D eigenvalue weighted by molar-refractivity contribution is 5.92. The van der Waals surface area contributed by atoms with Gasteiger partial charge in [0.05, 0.1) is 17.9 Å². The lowest BCUT2D eigenvalue weighted by molar-refractivity contribution is 0.0657. The van der Waals surface area contributed by atoms with E-state index in [0.717, 1.165) is 23.5 Å². The Morgan fingerprint density at radius 2 is 1.88 bits per heavy atom. The van der Waals surface area contributed by atoms with Crippen LogP contribution in [0.4, 0.5) is 0 Å². The Balaban J connectivity index is 1.76. The van der Waals surface area contributed by atoms with E-state index >= 15 is 0 Å². The quantitative estimate of drug-likeness (QED) is 0.730. The van der Waals surface area contributed by atoms with Crippen LogP contribution in [0.5, 0.6) is 0 Å². The molecule has 4 rings (SSSR count). The third kappa shape index (κ3) is 2.48. The summed E-state index contributed by atoms with van der Waals surface area (Å²) in [7, 11) is 0. The summed E-state index contributed by atoms with van der Waals surface area (Å²) >= 11 is 0. The predicted molar refractivity (Wildman–Crippen MR) is 90.5 cm³/mol. The molecule has 0 saturated heterocycles. The summed E-state index contributed by atoms with van der Waals surface area (Å²) in [4.78, 5) is 23.4. The average Bonchev–Trinajstić information content (AvgIpc) is 3.10. The Hall–Kier alpha value is -2.95. The number of hydrogen-bond donors (Lipinski definition) is 0. The van der Waals surface area contributed by atoms with Crippen molar-refractivity contribution in [3.8, 4) is 0 Å². The normalized spacial score (nSPS) is 16.7. The van der Waals surface area contributed by atoms with Crippen molar-refractivity contribution in [3.05, 3.63) is 83.7 Å². The Bertz CT molecular complexity index is 855. The van der Waals surface area contributed by atoms with E-state index < -0.39 is 0 Å². The number of hydrogen-bond acceptors (Lipinski definition) is 3. The van der Waals surface area contributed by atoms with Gasteiger partial charge in [-0.3, -0.25) is 9.78 Å². The minimum Gasteiger partial charge on any atom is -0.348 e. The fourth-order valence-corrected chi connectivity index (χ4v) is 3.24. The van der Waals surface area contributed by atoms with E-state index in [1.807, 2.05) is 36.1 Å². The average molecular weight is 318 g/mol. The molecule has 5 heteroatoms. The summed E-state index contributed by atoms with van der Waals surface area (Å²) in [6, 6.07) is 14.1. The first kappa shape index (κ1) is 14.6. The van der Waals surface area contributed by atoms with Crippen LogP contribution < -0.4 is 0 Å². The molecule has 5 nitrogen and oxygen atoms in total. The van der Waals surface area contributed by atoms with Crippen LogP contribution in [0.2, 0.25) is 0 Å². The third-order valence-corrected chi connectivity index (χ3v) is 4.41. The Morgan fingerprint density at radius 1 is 1.04 bits per heavy atom. The van der Waals surface area contributed by atoms with E-state index in [1.54, 1.807) is 12.4 Å². The van der Waals surface area contributed by atoms with E-state index in [0.29, 0.717) is 12.2 Å². The molecule has 3 heterocycles. The van der Waals surface area contributed by atoms with E-state index in [9.17, 15) is 4.79 Å². The van der Waals surface area contributed by atoms with Crippen molar-refractivity contribution >= 4 is 5.91 Å². The number of aryl methyl sites for hydroxylation is 1. The fraction of sp³-hybridized carbons (Fsp3) is 0.211. The minimum absolute atomic E-state index is 0.0798. The molecule has 0 saturated carbocycles. The Labute approximate surface area is 140 Å². The van der Waals surface area contributed by atoms with Crippen LogP contribution in [0.25, 0.3) is 0 Å². The summed E-state index contributed by atoms with van der Waals surface area (Å²) in [5.74, 6) is -0.0798. The molecule has 1 aliphatic heterocycles. The van der Waals surface area contributed by atoms with Gasteiger partial charge in [0.1, 0.15) is 5.69 Å². The van der Waals surface area contributed by atoms with Gasteiger partial charge in [0.15, 0.2) is 0 Å². The van der Waals surface area contributed by atoms with Crippen LogP contribution in [0.1, 0.15) is 33.5 Å². The van der Waals surface area contributed by atoms with Crippen molar-refractivity contribution in [3.63, 3.8) is 0 Å². The van der Waals surface area contributed by atoms with Crippen molar-refractivity contribution in [2.75, 3.05) is 6.54 Å². The highest BCUT2D eigenvalue weighted by atomic mass is 16.2. The van der Waals surface area contributed by atoms with Crippen LogP contribution >= 0.6 is 0 Å². The van der Waals surface area contributed by atoms with Crippen LogP contribution in [0, 0.1) is 6.92 Å². The van der Waals surface area contributed by atoms with Crippen molar-refractivity contribution < 1.29 is 4.79 Å². The maximum Gasteiger partial charge on any atom is 0.274 e. The largest absolute Gasteiger partial charge is 0.348 e. The summed E-state index contributed by atoms with van der Waals surface area (Å²) in [5, 5.41) is 0. The van der Waals surface area contributed by atoms with Gasteiger partial charge in [-0.25, -0.2) is 4.98 Å². The summed E-state index contributed by atoms with van der Waals surface area (Å²) in [5.41, 5.74) is 3.42. The molecule has 0 radical (unpaired) electrons. The van der Waals surface area contributed by atoms with Crippen LogP contribution in [0.15, 0.2) is 61.1 Å². The van der Waals surface area contributed by atoms with Gasteiger partial charge in [-0.2, -0.15) is 0 Å². The van der Waals surface area contributed by atoms with Gasteiger partial charge < -0.3 is 9.47 Å². The molecule has 0 fully saturated rings. The number of fused-ring (bicyclic) bond motifs is 1. The lowest BCUT2D eigenvalue weighted by Gasteiger charge is -2.37. The van der Waals surface area contributed by atoms with Crippen molar-refractivity contribution in [1.82, 2.24) is 19.4 Å². The molecule has 1 atom stereocenters. The maximum atomic E-state index is 13.0. The number of aromatic nitrogens is 3. The fourth-order valence-electron chi connectivity index (χ4n) is 3.24. The highest BCUT2D eigenvalue weighted by Gasteiger charge is 2.33. The second kappa shape index (κ2) is 5.92. The van der Waals surface area contributed by atoms with Crippen molar-refractivity contribution in [2.45, 2.75) is 19.5 Å². The zero-order valence-electron chi connectivity index (χ0n) is 13.5. The summed E-state index contributed by atoms with van der Waals surface area (Å²) < 4.78 is 2.21. The van der Waals surface area contributed by atoms with Crippen LogP contribution in [-0.4, -0.2) is 31.9 Å². The van der Waals surface area contributed by atoms with Gasteiger partial charge in [0.2, 0.25) is 0 Å². The van der Waals surface area contributed by atoms with E-state index in [4.69, 9.17) is 0 Å². The zero-order chi connectivity index (χ0) is 16.5. The predicted octanol–water partition coefficient (Wildman–Crippen LogP) is 2.83. The third-order valence-electron chi connectivity index (χ3n) is 4.41. The monoisotopic (exact) mass is 318 g/mol. The van der Waals surface area contributed by atoms with Gasteiger partial charge in [-0.1, -0.05) is 30.3 Å². The van der Waals surface area contributed by atoms with Gasteiger partial charge >= 0.3 is 0 Å². The van der Waals surface area contributed by atoms with E-state index in [-0.39, 0.29) is 11.9 Å². The SMILES string of the molecule is Cc1cnc(C(=O)N2CCn3cccc3[C@@H]2c2ccccc2)cn1. The molecule has 0 bridgehead atoms. The number of carbonyl (C=O) groups is 1. The second-order valence-corrected chi connectivity index (χ2v) is 5.98. The van der Waals surface area contributed by atoms with Crippen LogP contribution in [0.3, 0.4) is 0 Å². The zero-order valence-corrected chi connectivity index (χ0v) is 13.5. The molecule has 1 aromatic carbocycles. The first-order valence-electron chi connectivity index (χ1n) is 8.03. The first-order chi connectivity index (χ1) is 11.7. The summed E-state index contributed by atoms with van der Waals surface area (Å²) in [6.45, 7) is 3.30. The molecule has 0 N–H and O–H groups in total. The van der Waals surface area contributed by atoms with Gasteiger partial charge in [-0.05, 0) is 24.6 Å². The molecular weight excluding hydrogens is 300 g/mol. The highest BCUT2D eigenvalue weighted by Crippen LogP contribution is 2.33. The smallest absolute Gasteiger partial charge is 0.274 e. The van der Waals surface area contributed by atoms with Gasteiger partial charge in [-0.15, -0.1) is 0 Å². The minimum atomic E-state index is -0.106. The lowest BCUT2D eigenvalue weighted by atomic mass is 9.99. The first-order valence-corrected chi connectivity index (χ1v) is 8.03. The molecule has 1 amide bonds. The molecule has 24 heavy (non-hydrogen) atoms. The second-order valence-electron chi connectivity index (χ2n) is 5.98. The van der Waals surface area contributed by atoms with Crippen LogP contribution in [-0.2, 0) is 6.54 Å². The molecule has 0 spiro atoms. The molecule has 0 aliphatic carbocycles. The number of rotatable bonds is 2. The van der Waals surface area contributed by atoms with E-state index in [2.05, 4.69) is 38.9 Å². The molecule has 2 aromatic heterocycles. The standard InChI is InChI=1S/C19H18N4O/c1-14-12-21-16(13-20-14)19(24)23-11-10-22-9-5-8-17(22)18(23)15-6-3-2-4-7-15/h2-9,12-13,18H,10-11H2,1H3/t18-/m0/s1. The van der Waals surface area contributed by atoms with Crippen molar-refractivity contribution in [1.29, 1.82) is 0 Å². The van der Waals surface area contributed by atoms with Gasteiger partial charge in [0.25, 0.3) is 5.91 Å². The van der Waals surface area contributed by atoms with Crippen molar-refractivity contribution in [2.24, 2.45) is 0 Å². The lowest BCUT2D eigenvalue weighted by Crippen LogP contribution is -2.42. The summed E-state index contributed by atoms with van der Waals surface area (Å²) in [6.07, 6.45) is 5.27. The Kier molecular flexibility index (Phi) is 3.61. The van der Waals surface area contributed by atoms with E-state index in [1.165, 1.54) is 0 Å². The number of amides is 1. The maximum absolute atomic E-state index is 13.0. The molecule has 1 aliphatic rings. The topological polar surface area (TPSA) is 51.0 Å².